The molecule has 1 aromatic carbocycles. The molecule has 2 rings (SSSR count). The standard InChI is InChI=1S/C11H6Cl2FNO2/c1-17-11(16)8-4-6(13)9-7(14)3-2-5(12)10(9)15-8/h2-4H,1H3. The molecule has 0 amide bonds. The predicted octanol–water partition coefficient (Wildman–Crippen LogP) is 3.47. The minimum absolute atomic E-state index is 0.0162. The van der Waals surface area contributed by atoms with E-state index in [0.29, 0.717) is 0 Å². The van der Waals surface area contributed by atoms with Crippen LogP contribution >= 0.6 is 23.2 Å². The average Bonchev–Trinajstić information content (AvgIpc) is 2.32. The molecule has 0 aliphatic carbocycles. The highest BCUT2D eigenvalue weighted by Crippen LogP contribution is 2.30. The molecule has 2 aromatic rings. The van der Waals surface area contributed by atoms with Gasteiger partial charge in [0.25, 0.3) is 0 Å². The average molecular weight is 274 g/mol. The molecule has 0 N–H and O–H groups in total. The summed E-state index contributed by atoms with van der Waals surface area (Å²) in [6.07, 6.45) is 0. The van der Waals surface area contributed by atoms with Gasteiger partial charge in [-0.15, -0.1) is 0 Å². The summed E-state index contributed by atoms with van der Waals surface area (Å²) in [4.78, 5) is 15.3. The summed E-state index contributed by atoms with van der Waals surface area (Å²) in [6.45, 7) is 0. The third kappa shape index (κ3) is 2.06. The Balaban J connectivity index is 2.82. The van der Waals surface area contributed by atoms with Gasteiger partial charge in [0.2, 0.25) is 0 Å². The van der Waals surface area contributed by atoms with Gasteiger partial charge in [-0.1, -0.05) is 23.2 Å². The summed E-state index contributed by atoms with van der Waals surface area (Å²) in [5.41, 5.74) is 0.122. The Hall–Kier alpha value is -1.39. The number of rotatable bonds is 1. The number of carbonyl (C=O) groups excluding carboxylic acids is 1. The number of aromatic nitrogens is 1. The minimum Gasteiger partial charge on any atom is -0.464 e. The van der Waals surface area contributed by atoms with E-state index in [1.54, 1.807) is 0 Å². The maximum Gasteiger partial charge on any atom is 0.356 e. The number of hydrogen-bond acceptors (Lipinski definition) is 3. The highest BCUT2D eigenvalue weighted by atomic mass is 35.5. The molecule has 0 bridgehead atoms. The van der Waals surface area contributed by atoms with Gasteiger partial charge in [0.1, 0.15) is 5.82 Å². The normalized spacial score (nSPS) is 10.6. The summed E-state index contributed by atoms with van der Waals surface area (Å²) < 4.78 is 18.1. The van der Waals surface area contributed by atoms with E-state index in [4.69, 9.17) is 23.2 Å². The first-order valence-corrected chi connectivity index (χ1v) is 5.32. The second-order valence-corrected chi connectivity index (χ2v) is 4.05. The smallest absolute Gasteiger partial charge is 0.356 e. The summed E-state index contributed by atoms with van der Waals surface area (Å²) in [5, 5.41) is 0.372. The molecular formula is C11H6Cl2FNO2. The zero-order valence-corrected chi connectivity index (χ0v) is 10.1. The van der Waals surface area contributed by atoms with Crippen molar-refractivity contribution in [1.29, 1.82) is 0 Å². The minimum atomic E-state index is -0.658. The number of hydrogen-bond donors (Lipinski definition) is 0. The van der Waals surface area contributed by atoms with Gasteiger partial charge in [-0.2, -0.15) is 0 Å². The van der Waals surface area contributed by atoms with Crippen LogP contribution in [0.4, 0.5) is 4.39 Å². The van der Waals surface area contributed by atoms with E-state index in [1.165, 1.54) is 25.3 Å². The van der Waals surface area contributed by atoms with Crippen LogP contribution < -0.4 is 0 Å². The first-order valence-electron chi connectivity index (χ1n) is 4.57. The fourth-order valence-corrected chi connectivity index (χ4v) is 1.91. The van der Waals surface area contributed by atoms with E-state index in [0.717, 1.165) is 0 Å². The largest absolute Gasteiger partial charge is 0.464 e. The molecule has 1 aromatic heterocycles. The number of carbonyl (C=O) groups is 1. The first-order chi connectivity index (χ1) is 8.04. The Labute approximate surface area is 106 Å². The quantitative estimate of drug-likeness (QED) is 0.747. The number of nitrogens with zero attached hydrogens (tertiary/aromatic N) is 1. The molecule has 0 aliphatic heterocycles. The van der Waals surface area contributed by atoms with Crippen molar-refractivity contribution in [3.63, 3.8) is 0 Å². The molecule has 0 aliphatic rings. The van der Waals surface area contributed by atoms with Crippen molar-refractivity contribution >= 4 is 40.1 Å². The monoisotopic (exact) mass is 273 g/mol. The predicted molar refractivity (Wildman–Crippen MR) is 63.1 cm³/mol. The number of ether oxygens (including phenoxy) is 1. The van der Waals surface area contributed by atoms with Crippen LogP contribution in [0.15, 0.2) is 18.2 Å². The van der Waals surface area contributed by atoms with Crippen molar-refractivity contribution in [2.24, 2.45) is 0 Å². The molecule has 6 heteroatoms. The van der Waals surface area contributed by atoms with Crippen LogP contribution in [0.2, 0.25) is 10.0 Å². The maximum absolute atomic E-state index is 13.5. The van der Waals surface area contributed by atoms with Gasteiger partial charge in [-0.25, -0.2) is 14.2 Å². The Bertz CT molecular complexity index is 616. The lowest BCUT2D eigenvalue weighted by atomic mass is 10.2. The number of esters is 1. The zero-order chi connectivity index (χ0) is 12.6. The maximum atomic E-state index is 13.5. The number of methoxy groups -OCH3 is 1. The SMILES string of the molecule is COC(=O)c1cc(Cl)c2c(F)ccc(Cl)c2n1. The first kappa shape index (κ1) is 12.1. The van der Waals surface area contributed by atoms with Gasteiger partial charge in [-0.3, -0.25) is 0 Å². The second kappa shape index (κ2) is 4.47. The van der Waals surface area contributed by atoms with Gasteiger partial charge >= 0.3 is 5.97 Å². The number of halogens is 3. The van der Waals surface area contributed by atoms with Crippen LogP contribution in [-0.4, -0.2) is 18.1 Å². The highest BCUT2D eigenvalue weighted by Gasteiger charge is 2.15. The fourth-order valence-electron chi connectivity index (χ4n) is 1.43. The van der Waals surface area contributed by atoms with Crippen molar-refractivity contribution in [2.45, 2.75) is 0 Å². The van der Waals surface area contributed by atoms with Crippen molar-refractivity contribution < 1.29 is 13.9 Å². The lowest BCUT2D eigenvalue weighted by molar-refractivity contribution is 0.0594. The summed E-state index contributed by atoms with van der Waals surface area (Å²) in [6, 6.07) is 3.79. The topological polar surface area (TPSA) is 39.2 Å². The molecule has 0 saturated heterocycles. The summed E-state index contributed by atoms with van der Waals surface area (Å²) >= 11 is 11.8. The van der Waals surface area contributed by atoms with Gasteiger partial charge in [0.15, 0.2) is 5.69 Å². The Morgan fingerprint density at radius 1 is 1.35 bits per heavy atom. The second-order valence-electron chi connectivity index (χ2n) is 3.23. The molecule has 88 valence electrons. The van der Waals surface area contributed by atoms with Crippen LogP contribution in [0.1, 0.15) is 10.5 Å². The van der Waals surface area contributed by atoms with Gasteiger partial charge < -0.3 is 4.74 Å². The van der Waals surface area contributed by atoms with Crippen molar-refractivity contribution in [3.8, 4) is 0 Å². The molecular weight excluding hydrogens is 268 g/mol. The molecule has 1 heterocycles. The van der Waals surface area contributed by atoms with Crippen LogP contribution in [0.25, 0.3) is 10.9 Å². The van der Waals surface area contributed by atoms with Crippen molar-refractivity contribution in [2.75, 3.05) is 7.11 Å². The number of benzene rings is 1. The van der Waals surface area contributed by atoms with Crippen molar-refractivity contribution in [3.05, 3.63) is 39.8 Å². The Kier molecular flexibility index (Phi) is 3.17. The molecule has 0 radical (unpaired) electrons. The lowest BCUT2D eigenvalue weighted by Gasteiger charge is -2.06. The highest BCUT2D eigenvalue weighted by molar-refractivity contribution is 6.39. The van der Waals surface area contributed by atoms with Gasteiger partial charge in [0.05, 0.1) is 28.1 Å². The fraction of sp³-hybridized carbons (Fsp3) is 0.0909. The molecule has 0 saturated carbocycles. The van der Waals surface area contributed by atoms with Gasteiger partial charge in [0, 0.05) is 0 Å². The van der Waals surface area contributed by atoms with E-state index in [1.807, 2.05) is 0 Å². The lowest BCUT2D eigenvalue weighted by Crippen LogP contribution is -2.05. The van der Waals surface area contributed by atoms with Crippen LogP contribution in [-0.2, 0) is 4.74 Å². The van der Waals surface area contributed by atoms with E-state index < -0.39 is 11.8 Å². The van der Waals surface area contributed by atoms with Crippen LogP contribution in [0.5, 0.6) is 0 Å². The molecule has 0 unspecified atom stereocenters. The van der Waals surface area contributed by atoms with E-state index >= 15 is 0 Å². The van der Waals surface area contributed by atoms with Crippen molar-refractivity contribution in [1.82, 2.24) is 4.98 Å². The summed E-state index contributed by atoms with van der Waals surface area (Å²) in [5.74, 6) is -1.20. The molecule has 0 atom stereocenters. The molecule has 17 heavy (non-hydrogen) atoms. The Morgan fingerprint density at radius 2 is 2.06 bits per heavy atom. The molecule has 0 fully saturated rings. The zero-order valence-electron chi connectivity index (χ0n) is 8.63. The van der Waals surface area contributed by atoms with Gasteiger partial charge in [-0.05, 0) is 18.2 Å². The van der Waals surface area contributed by atoms with E-state index in [2.05, 4.69) is 9.72 Å². The summed E-state index contributed by atoms with van der Waals surface area (Å²) in [7, 11) is 1.22. The molecule has 0 spiro atoms. The molecule has 3 nitrogen and oxygen atoms in total. The van der Waals surface area contributed by atoms with Crippen LogP contribution in [0, 0.1) is 5.82 Å². The Morgan fingerprint density at radius 3 is 2.71 bits per heavy atom. The van der Waals surface area contributed by atoms with E-state index in [9.17, 15) is 9.18 Å². The van der Waals surface area contributed by atoms with E-state index in [-0.39, 0.29) is 26.6 Å². The van der Waals surface area contributed by atoms with Crippen LogP contribution in [0.3, 0.4) is 0 Å². The third-order valence-electron chi connectivity index (χ3n) is 2.21. The number of pyridine rings is 1. The number of fused-ring (bicyclic) bond motifs is 1. The third-order valence-corrected chi connectivity index (χ3v) is 2.81.